The summed E-state index contributed by atoms with van der Waals surface area (Å²) >= 11 is 0. The van der Waals surface area contributed by atoms with Gasteiger partial charge in [-0.05, 0) is 49.4 Å². The summed E-state index contributed by atoms with van der Waals surface area (Å²) in [5, 5.41) is 3.64. The zero-order chi connectivity index (χ0) is 15.1. The smallest absolute Gasteiger partial charge is 0.119 e. The second-order valence-electron chi connectivity index (χ2n) is 6.89. The van der Waals surface area contributed by atoms with Gasteiger partial charge in [0.1, 0.15) is 5.75 Å². The molecule has 0 spiro atoms. The van der Waals surface area contributed by atoms with Crippen molar-refractivity contribution in [2.75, 3.05) is 19.7 Å². The second-order valence-corrected chi connectivity index (χ2v) is 6.89. The number of rotatable bonds is 8. The molecule has 0 bridgehead atoms. The topological polar surface area (TPSA) is 21.3 Å². The normalized spacial score (nSPS) is 17.3. The fourth-order valence-corrected chi connectivity index (χ4v) is 3.29. The maximum atomic E-state index is 5.80. The summed E-state index contributed by atoms with van der Waals surface area (Å²) in [6.45, 7) is 9.63. The molecule has 1 fully saturated rings. The Labute approximate surface area is 130 Å². The lowest BCUT2D eigenvalue weighted by Gasteiger charge is -2.30. The molecule has 0 radical (unpaired) electrons. The highest BCUT2D eigenvalue weighted by molar-refractivity contribution is 5.33. The molecule has 2 heteroatoms. The minimum Gasteiger partial charge on any atom is -0.493 e. The van der Waals surface area contributed by atoms with Crippen LogP contribution in [0.3, 0.4) is 0 Å². The van der Waals surface area contributed by atoms with Gasteiger partial charge in [0.15, 0.2) is 0 Å². The molecule has 2 rings (SSSR count). The lowest BCUT2D eigenvalue weighted by molar-refractivity contribution is 0.271. The van der Waals surface area contributed by atoms with Crippen molar-refractivity contribution < 1.29 is 4.74 Å². The average molecular weight is 289 g/mol. The van der Waals surface area contributed by atoms with Gasteiger partial charge < -0.3 is 10.1 Å². The van der Waals surface area contributed by atoms with E-state index in [-0.39, 0.29) is 0 Å². The molecule has 1 saturated carbocycles. The molecule has 0 unspecified atom stereocenters. The van der Waals surface area contributed by atoms with Crippen LogP contribution in [0.25, 0.3) is 0 Å². The molecular weight excluding hydrogens is 258 g/mol. The number of hydrogen-bond acceptors (Lipinski definition) is 2. The summed E-state index contributed by atoms with van der Waals surface area (Å²) in [6, 6.07) is 8.87. The van der Waals surface area contributed by atoms with Gasteiger partial charge in [0.2, 0.25) is 0 Å². The second kappa shape index (κ2) is 7.84. The Bertz CT molecular complexity index is 404. The monoisotopic (exact) mass is 289 g/mol. The van der Waals surface area contributed by atoms with Crippen molar-refractivity contribution >= 4 is 0 Å². The molecular formula is C19H31NO. The highest BCUT2D eigenvalue weighted by Crippen LogP contribution is 2.41. The molecule has 1 aliphatic rings. The maximum Gasteiger partial charge on any atom is 0.119 e. The van der Waals surface area contributed by atoms with Crippen LogP contribution in [0.2, 0.25) is 0 Å². The molecule has 1 N–H and O–H groups in total. The zero-order valence-corrected chi connectivity index (χ0v) is 14.0. The van der Waals surface area contributed by atoms with Crippen molar-refractivity contribution in [2.24, 2.45) is 5.92 Å². The van der Waals surface area contributed by atoms with Crippen LogP contribution in [0, 0.1) is 5.92 Å². The van der Waals surface area contributed by atoms with Gasteiger partial charge in [-0.25, -0.2) is 0 Å². The largest absolute Gasteiger partial charge is 0.493 e. The lowest BCUT2D eigenvalue weighted by atomic mass is 9.79. The zero-order valence-electron chi connectivity index (χ0n) is 14.0. The highest BCUT2D eigenvalue weighted by atomic mass is 16.5. The Morgan fingerprint density at radius 3 is 2.38 bits per heavy atom. The molecule has 1 aromatic rings. The third kappa shape index (κ3) is 4.47. The minimum atomic E-state index is 0.353. The van der Waals surface area contributed by atoms with E-state index in [4.69, 9.17) is 4.74 Å². The molecule has 0 amide bonds. The predicted molar refractivity (Wildman–Crippen MR) is 90.1 cm³/mol. The first-order valence-electron chi connectivity index (χ1n) is 8.60. The molecule has 0 saturated heterocycles. The Morgan fingerprint density at radius 1 is 1.14 bits per heavy atom. The van der Waals surface area contributed by atoms with E-state index >= 15 is 0 Å². The highest BCUT2D eigenvalue weighted by Gasteiger charge is 2.35. The number of hydrogen-bond donors (Lipinski definition) is 1. The Morgan fingerprint density at radius 2 is 1.81 bits per heavy atom. The summed E-state index contributed by atoms with van der Waals surface area (Å²) in [7, 11) is 0. The summed E-state index contributed by atoms with van der Waals surface area (Å²) in [5.41, 5.74) is 1.84. The van der Waals surface area contributed by atoms with E-state index in [1.807, 2.05) is 0 Å². The molecule has 1 aromatic carbocycles. The van der Waals surface area contributed by atoms with Gasteiger partial charge in [-0.3, -0.25) is 0 Å². The molecule has 2 nitrogen and oxygen atoms in total. The fraction of sp³-hybridized carbons (Fsp3) is 0.684. The minimum absolute atomic E-state index is 0.353. The molecule has 0 aromatic heterocycles. The van der Waals surface area contributed by atoms with E-state index in [9.17, 15) is 0 Å². The van der Waals surface area contributed by atoms with Gasteiger partial charge in [0.05, 0.1) is 6.61 Å². The van der Waals surface area contributed by atoms with Gasteiger partial charge in [-0.1, -0.05) is 45.7 Å². The van der Waals surface area contributed by atoms with Gasteiger partial charge in [-0.15, -0.1) is 0 Å². The molecule has 0 aliphatic heterocycles. The first-order valence-corrected chi connectivity index (χ1v) is 8.60. The SMILES string of the molecule is CCCNCC1(c2ccc(OCC(C)C)cc2)CCCC1. The van der Waals surface area contributed by atoms with E-state index in [1.54, 1.807) is 0 Å². The van der Waals surface area contributed by atoms with Gasteiger partial charge in [0, 0.05) is 12.0 Å². The Kier molecular flexibility index (Phi) is 6.10. The molecule has 0 atom stereocenters. The Balaban J connectivity index is 2.03. The van der Waals surface area contributed by atoms with Crippen molar-refractivity contribution in [3.63, 3.8) is 0 Å². The third-order valence-electron chi connectivity index (χ3n) is 4.50. The number of ether oxygens (including phenoxy) is 1. The van der Waals surface area contributed by atoms with Crippen LogP contribution in [0.5, 0.6) is 5.75 Å². The van der Waals surface area contributed by atoms with Crippen LogP contribution in [0.15, 0.2) is 24.3 Å². The van der Waals surface area contributed by atoms with Gasteiger partial charge in [0.25, 0.3) is 0 Å². The van der Waals surface area contributed by atoms with Gasteiger partial charge in [-0.2, -0.15) is 0 Å². The first kappa shape index (κ1) is 16.4. The van der Waals surface area contributed by atoms with Crippen LogP contribution >= 0.6 is 0 Å². The summed E-state index contributed by atoms with van der Waals surface area (Å²) < 4.78 is 5.80. The summed E-state index contributed by atoms with van der Waals surface area (Å²) in [6.07, 6.45) is 6.56. The first-order chi connectivity index (χ1) is 10.2. The van der Waals surface area contributed by atoms with Crippen molar-refractivity contribution in [1.82, 2.24) is 5.32 Å². The van der Waals surface area contributed by atoms with E-state index in [1.165, 1.54) is 37.7 Å². The summed E-state index contributed by atoms with van der Waals surface area (Å²) in [5.74, 6) is 1.58. The molecule has 1 aliphatic carbocycles. The fourth-order valence-electron chi connectivity index (χ4n) is 3.29. The lowest BCUT2D eigenvalue weighted by Crippen LogP contribution is -2.36. The van der Waals surface area contributed by atoms with E-state index in [0.29, 0.717) is 11.3 Å². The summed E-state index contributed by atoms with van der Waals surface area (Å²) in [4.78, 5) is 0. The van der Waals surface area contributed by atoms with Crippen molar-refractivity contribution in [3.8, 4) is 5.75 Å². The van der Waals surface area contributed by atoms with Crippen LogP contribution in [-0.2, 0) is 5.41 Å². The molecule has 118 valence electrons. The van der Waals surface area contributed by atoms with Crippen LogP contribution in [0.4, 0.5) is 0 Å². The van der Waals surface area contributed by atoms with Crippen LogP contribution in [-0.4, -0.2) is 19.7 Å². The van der Waals surface area contributed by atoms with Crippen LogP contribution < -0.4 is 10.1 Å². The number of nitrogens with one attached hydrogen (secondary N) is 1. The maximum absolute atomic E-state index is 5.80. The molecule has 21 heavy (non-hydrogen) atoms. The van der Waals surface area contributed by atoms with E-state index in [0.717, 1.165) is 25.4 Å². The standard InChI is InChI=1S/C19H31NO/c1-4-13-20-15-19(11-5-6-12-19)17-7-9-18(10-8-17)21-14-16(2)3/h7-10,16,20H,4-6,11-15H2,1-3H3. The van der Waals surface area contributed by atoms with Crippen molar-refractivity contribution in [3.05, 3.63) is 29.8 Å². The van der Waals surface area contributed by atoms with Gasteiger partial charge >= 0.3 is 0 Å². The van der Waals surface area contributed by atoms with E-state index in [2.05, 4.69) is 50.4 Å². The number of benzene rings is 1. The molecule has 0 heterocycles. The van der Waals surface area contributed by atoms with E-state index < -0.39 is 0 Å². The Hall–Kier alpha value is -1.02. The predicted octanol–water partition coefficient (Wildman–Crippen LogP) is 4.53. The van der Waals surface area contributed by atoms with Crippen molar-refractivity contribution in [2.45, 2.75) is 58.3 Å². The van der Waals surface area contributed by atoms with Crippen LogP contribution in [0.1, 0.15) is 58.4 Å². The third-order valence-corrected chi connectivity index (χ3v) is 4.50. The average Bonchev–Trinajstić information content (AvgIpc) is 2.96. The quantitative estimate of drug-likeness (QED) is 0.710. The van der Waals surface area contributed by atoms with Crippen molar-refractivity contribution in [1.29, 1.82) is 0 Å².